The number of allylic oxidation sites excluding steroid dienone is 4. The second kappa shape index (κ2) is 14.6. The van der Waals surface area contributed by atoms with Gasteiger partial charge >= 0.3 is 12.1 Å². The number of esters is 1. The first-order valence-electron chi connectivity index (χ1n) is 16.8. The number of ether oxygens (including phenoxy) is 5. The van der Waals surface area contributed by atoms with Gasteiger partial charge in [-0.05, 0) is 68.9 Å². The molecule has 1 saturated heterocycles. The highest BCUT2D eigenvalue weighted by molar-refractivity contribution is 6.01. The van der Waals surface area contributed by atoms with Crippen LogP contribution in [-0.2, 0) is 42.9 Å². The van der Waals surface area contributed by atoms with Crippen LogP contribution in [0.15, 0.2) is 23.8 Å². The van der Waals surface area contributed by atoms with Crippen LogP contribution in [0.3, 0.4) is 0 Å². The molecule has 15 nitrogen and oxygen atoms in total. The predicted molar refractivity (Wildman–Crippen MR) is 163 cm³/mol. The number of ketones is 2. The zero-order valence-corrected chi connectivity index (χ0v) is 27.7. The summed E-state index contributed by atoms with van der Waals surface area (Å²) in [6.07, 6.45) is 6.35. The van der Waals surface area contributed by atoms with Crippen molar-refractivity contribution in [3.8, 4) is 0 Å². The summed E-state index contributed by atoms with van der Waals surface area (Å²) in [7, 11) is 0. The SMILES string of the molecule is CCCC1O[C@@H]2C[C@H]3[C@@H]4CCC5=CC(=O)C=C[C@]5(C)[C@H]4[C@@H](O)C[C@]3(C)[C@]2(C(=O)COC(=O)OCC(N)C(=O)OCCCCON(O)O)O1. The number of aliphatic hydroxyl groups is 1. The summed E-state index contributed by atoms with van der Waals surface area (Å²) in [5, 5.41) is 28.4. The molecular formula is C33H48N2O13. The van der Waals surface area contributed by atoms with Gasteiger partial charge in [-0.15, -0.1) is 0 Å². The predicted octanol–water partition coefficient (Wildman–Crippen LogP) is 2.54. The fourth-order valence-corrected chi connectivity index (χ4v) is 9.13. The molecule has 5 aliphatic rings. The van der Waals surface area contributed by atoms with E-state index in [0.29, 0.717) is 32.1 Å². The quantitative estimate of drug-likeness (QED) is 0.118. The summed E-state index contributed by atoms with van der Waals surface area (Å²) >= 11 is 0. The fourth-order valence-electron chi connectivity index (χ4n) is 9.13. The van der Waals surface area contributed by atoms with E-state index in [9.17, 15) is 24.3 Å². The van der Waals surface area contributed by atoms with Gasteiger partial charge in [-0.3, -0.25) is 29.6 Å². The molecule has 0 bridgehead atoms. The maximum absolute atomic E-state index is 14.2. The first-order chi connectivity index (χ1) is 22.8. The molecule has 2 unspecified atom stereocenters. The number of carbonyl (C=O) groups is 4. The summed E-state index contributed by atoms with van der Waals surface area (Å²) in [5.74, 6) is -1.49. The minimum absolute atomic E-state index is 0.0110. The van der Waals surface area contributed by atoms with Crippen molar-refractivity contribution in [1.29, 1.82) is 0 Å². The van der Waals surface area contributed by atoms with Gasteiger partial charge in [-0.25, -0.2) is 4.79 Å². The molecule has 0 amide bonds. The van der Waals surface area contributed by atoms with Gasteiger partial charge in [0, 0.05) is 16.7 Å². The molecule has 1 aliphatic heterocycles. The molecule has 1 heterocycles. The van der Waals surface area contributed by atoms with Crippen LogP contribution >= 0.6 is 0 Å². The Bertz CT molecular complexity index is 1300. The Morgan fingerprint density at radius 1 is 1.15 bits per heavy atom. The Labute approximate surface area is 279 Å². The van der Waals surface area contributed by atoms with E-state index in [4.69, 9.17) is 39.8 Å². The molecule has 15 heteroatoms. The van der Waals surface area contributed by atoms with Crippen molar-refractivity contribution in [3.05, 3.63) is 23.8 Å². The molecule has 3 saturated carbocycles. The maximum atomic E-state index is 14.2. The number of hydrogen-bond acceptors (Lipinski definition) is 15. The number of aliphatic hydroxyl groups excluding tert-OH is 1. The molecule has 48 heavy (non-hydrogen) atoms. The monoisotopic (exact) mass is 680 g/mol. The van der Waals surface area contributed by atoms with Gasteiger partial charge < -0.3 is 34.5 Å². The maximum Gasteiger partial charge on any atom is 0.508 e. The first-order valence-corrected chi connectivity index (χ1v) is 16.8. The van der Waals surface area contributed by atoms with Crippen LogP contribution < -0.4 is 5.73 Å². The van der Waals surface area contributed by atoms with Crippen molar-refractivity contribution in [1.82, 2.24) is 5.39 Å². The molecule has 0 radical (unpaired) electrons. The molecule has 268 valence electrons. The molecule has 4 fully saturated rings. The number of Topliss-reactive ketones (excluding diaryl/α,β-unsaturated/α-hetero) is 1. The Morgan fingerprint density at radius 3 is 2.62 bits per heavy atom. The summed E-state index contributed by atoms with van der Waals surface area (Å²) in [5.41, 5.74) is 4.04. The van der Waals surface area contributed by atoms with Crippen molar-refractivity contribution in [3.63, 3.8) is 0 Å². The number of fused-ring (bicyclic) bond motifs is 7. The summed E-state index contributed by atoms with van der Waals surface area (Å²) in [6.45, 7) is 4.81. The Kier molecular flexibility index (Phi) is 11.1. The minimum atomic E-state index is -1.46. The molecule has 10 atom stereocenters. The number of unbranched alkanes of at least 4 members (excludes halogenated alkanes) is 1. The van der Waals surface area contributed by atoms with Gasteiger partial charge in [0.25, 0.3) is 0 Å². The van der Waals surface area contributed by atoms with Crippen molar-refractivity contribution in [2.75, 3.05) is 26.4 Å². The van der Waals surface area contributed by atoms with Gasteiger partial charge in [0.2, 0.25) is 5.78 Å². The van der Waals surface area contributed by atoms with Crippen LogP contribution in [0.25, 0.3) is 0 Å². The number of nitrogens with two attached hydrogens (primary N) is 1. The Morgan fingerprint density at radius 2 is 1.90 bits per heavy atom. The van der Waals surface area contributed by atoms with Crippen LogP contribution in [0.4, 0.5) is 4.79 Å². The molecule has 0 aromatic heterocycles. The molecule has 0 spiro atoms. The van der Waals surface area contributed by atoms with Crippen molar-refractivity contribution >= 4 is 23.7 Å². The average molecular weight is 681 g/mol. The van der Waals surface area contributed by atoms with Crippen LogP contribution in [-0.4, -0.2) is 101 Å². The van der Waals surface area contributed by atoms with Crippen molar-refractivity contribution in [2.45, 2.75) is 102 Å². The third kappa shape index (κ3) is 6.71. The summed E-state index contributed by atoms with van der Waals surface area (Å²) < 4.78 is 28.2. The topological polar surface area (TPSA) is 214 Å². The first kappa shape index (κ1) is 36.5. The zero-order chi connectivity index (χ0) is 34.9. The number of hydrogen-bond donors (Lipinski definition) is 4. The van der Waals surface area contributed by atoms with E-state index in [1.165, 1.54) is 0 Å². The highest BCUT2D eigenvalue weighted by Crippen LogP contribution is 2.69. The standard InChI is InChI=1S/C33H48N2O13/c1-4-7-27-47-26-15-22-21-9-8-19-14-20(36)10-11-31(19,2)28(21)24(37)16-32(22,3)33(26,48-27)25(38)18-45-30(40)44-17-23(34)29(39)43-12-5-6-13-46-35(41)42/h10-11,14,21-24,26-28,37,41-42H,4-9,12-13,15-18,34H2,1-3H3/t21-,22-,23?,24-,26+,27?,28+,31-,32-,33+/m0/s1. The van der Waals surface area contributed by atoms with E-state index >= 15 is 0 Å². The molecule has 4 aliphatic carbocycles. The number of rotatable bonds is 14. The van der Waals surface area contributed by atoms with E-state index in [0.717, 1.165) is 18.4 Å². The molecule has 0 aromatic rings. The molecule has 5 N–H and O–H groups in total. The molecule has 5 rings (SSSR count). The van der Waals surface area contributed by atoms with E-state index in [1.54, 1.807) is 12.2 Å². The second-order valence-electron chi connectivity index (χ2n) is 14.0. The second-order valence-corrected chi connectivity index (χ2v) is 14.0. The van der Waals surface area contributed by atoms with Crippen LogP contribution in [0, 0.1) is 28.6 Å². The van der Waals surface area contributed by atoms with Gasteiger partial charge in [0.05, 0.1) is 30.8 Å². The summed E-state index contributed by atoms with van der Waals surface area (Å²) in [4.78, 5) is 55.4. The zero-order valence-electron chi connectivity index (χ0n) is 27.7. The summed E-state index contributed by atoms with van der Waals surface area (Å²) in [6, 6.07) is -1.30. The van der Waals surface area contributed by atoms with Gasteiger partial charge in [0.15, 0.2) is 24.3 Å². The third-order valence-corrected chi connectivity index (χ3v) is 11.2. The Balaban J connectivity index is 1.22. The van der Waals surface area contributed by atoms with Crippen molar-refractivity contribution < 1.29 is 63.2 Å². The minimum Gasteiger partial charge on any atom is -0.464 e. The number of carbonyl (C=O) groups excluding carboxylic acids is 4. The highest BCUT2D eigenvalue weighted by atomic mass is 17.1. The third-order valence-electron chi connectivity index (χ3n) is 11.2. The molecular weight excluding hydrogens is 632 g/mol. The largest absolute Gasteiger partial charge is 0.508 e. The van der Waals surface area contributed by atoms with Crippen LogP contribution in [0.2, 0.25) is 0 Å². The highest BCUT2D eigenvalue weighted by Gasteiger charge is 2.75. The van der Waals surface area contributed by atoms with Gasteiger partial charge in [-0.1, -0.05) is 38.8 Å². The fraction of sp³-hybridized carbons (Fsp3) is 0.758. The normalized spacial score (nSPS) is 37.2. The lowest BCUT2D eigenvalue weighted by atomic mass is 9.46. The van der Waals surface area contributed by atoms with Crippen LogP contribution in [0.1, 0.15) is 72.1 Å². The van der Waals surface area contributed by atoms with Crippen LogP contribution in [0.5, 0.6) is 0 Å². The average Bonchev–Trinajstić information content (AvgIpc) is 3.52. The van der Waals surface area contributed by atoms with E-state index < -0.39 is 77.5 Å². The smallest absolute Gasteiger partial charge is 0.464 e. The number of nitrogens with zero attached hydrogens (tertiary/aromatic N) is 1. The van der Waals surface area contributed by atoms with Gasteiger partial charge in [-0.2, -0.15) is 0 Å². The van der Waals surface area contributed by atoms with E-state index in [2.05, 4.69) is 11.8 Å². The van der Waals surface area contributed by atoms with Crippen molar-refractivity contribution in [2.24, 2.45) is 34.3 Å². The Hall–Kier alpha value is -2.76. The lowest BCUT2D eigenvalue weighted by Crippen LogP contribution is -2.63. The molecule has 0 aromatic carbocycles. The lowest BCUT2D eigenvalue weighted by Gasteiger charge is -2.59. The van der Waals surface area contributed by atoms with E-state index in [-0.39, 0.29) is 43.2 Å². The lowest BCUT2D eigenvalue weighted by molar-refractivity contribution is -0.492. The van der Waals surface area contributed by atoms with Gasteiger partial charge in [0.1, 0.15) is 12.6 Å². The van der Waals surface area contributed by atoms with E-state index in [1.807, 2.05) is 19.9 Å².